The van der Waals surface area contributed by atoms with Crippen molar-refractivity contribution >= 4 is 21.4 Å². The van der Waals surface area contributed by atoms with Crippen molar-refractivity contribution < 1.29 is 8.42 Å². The summed E-state index contributed by atoms with van der Waals surface area (Å²) >= 11 is 1.25. The molecule has 1 aromatic heterocycles. The van der Waals surface area contributed by atoms with Crippen LogP contribution in [0.15, 0.2) is 21.7 Å². The van der Waals surface area contributed by atoms with Crippen LogP contribution in [0.1, 0.15) is 12.8 Å². The first-order chi connectivity index (χ1) is 9.60. The van der Waals surface area contributed by atoms with Crippen molar-refractivity contribution in [3.8, 4) is 12.3 Å². The zero-order valence-electron chi connectivity index (χ0n) is 11.2. The first-order valence-electron chi connectivity index (χ1n) is 6.83. The Morgan fingerprint density at radius 1 is 1.55 bits per heavy atom. The van der Waals surface area contributed by atoms with Crippen molar-refractivity contribution in [2.75, 3.05) is 19.6 Å². The van der Waals surface area contributed by atoms with Gasteiger partial charge in [-0.25, -0.2) is 13.1 Å². The number of rotatable bonds is 4. The molecule has 20 heavy (non-hydrogen) atoms. The third kappa shape index (κ3) is 2.63. The Labute approximate surface area is 124 Å². The Kier molecular flexibility index (Phi) is 3.87. The van der Waals surface area contributed by atoms with Crippen LogP contribution in [0.25, 0.3) is 0 Å². The number of piperidine rings is 3. The Morgan fingerprint density at radius 3 is 3.00 bits per heavy atom. The highest BCUT2D eigenvalue weighted by Gasteiger charge is 2.39. The summed E-state index contributed by atoms with van der Waals surface area (Å²) in [7, 11) is -3.35. The summed E-state index contributed by atoms with van der Waals surface area (Å²) in [4.78, 5) is 2.33. The van der Waals surface area contributed by atoms with Crippen molar-refractivity contribution in [1.29, 1.82) is 0 Å². The number of nitrogens with zero attached hydrogens (tertiary/aromatic N) is 1. The third-order valence-electron chi connectivity index (χ3n) is 4.36. The molecule has 4 rings (SSSR count). The van der Waals surface area contributed by atoms with Crippen molar-refractivity contribution in [3.63, 3.8) is 0 Å². The molecule has 0 aromatic carbocycles. The summed E-state index contributed by atoms with van der Waals surface area (Å²) in [5, 5.41) is 1.78. The van der Waals surface area contributed by atoms with Gasteiger partial charge in [0.2, 0.25) is 10.0 Å². The Balaban J connectivity index is 1.62. The fourth-order valence-corrected chi connectivity index (χ4v) is 5.34. The summed E-state index contributed by atoms with van der Waals surface area (Å²) in [6, 6.07) is 3.67. The molecule has 0 saturated carbocycles. The topological polar surface area (TPSA) is 49.4 Å². The molecule has 0 radical (unpaired) electrons. The molecule has 4 nitrogen and oxygen atoms in total. The summed E-state index contributed by atoms with van der Waals surface area (Å²) in [6.45, 7) is 2.43. The zero-order chi connectivity index (χ0) is 14.2. The van der Waals surface area contributed by atoms with Crippen LogP contribution in [-0.4, -0.2) is 39.0 Å². The molecular weight excluding hydrogens is 292 g/mol. The van der Waals surface area contributed by atoms with Crippen LogP contribution in [0.4, 0.5) is 0 Å². The van der Waals surface area contributed by atoms with Gasteiger partial charge in [-0.1, -0.05) is 6.07 Å². The molecule has 3 aliphatic heterocycles. The first-order valence-corrected chi connectivity index (χ1v) is 9.20. The average molecular weight is 310 g/mol. The van der Waals surface area contributed by atoms with E-state index in [0.717, 1.165) is 25.9 Å². The molecule has 1 unspecified atom stereocenters. The van der Waals surface area contributed by atoms with Crippen molar-refractivity contribution in [1.82, 2.24) is 9.62 Å². The zero-order valence-corrected chi connectivity index (χ0v) is 12.8. The monoisotopic (exact) mass is 310 g/mol. The average Bonchev–Trinajstić information content (AvgIpc) is 3.01. The first kappa shape index (κ1) is 14.1. The normalized spacial score (nSPS) is 33.0. The molecule has 1 N–H and O–H groups in total. The maximum Gasteiger partial charge on any atom is 0.250 e. The van der Waals surface area contributed by atoms with Crippen LogP contribution in [0.2, 0.25) is 0 Å². The number of hydrogen-bond donors (Lipinski definition) is 1. The second-order valence-corrected chi connectivity index (χ2v) is 8.43. The fourth-order valence-electron chi connectivity index (χ4n) is 3.23. The second kappa shape index (κ2) is 5.49. The Bertz CT molecular complexity index is 604. The van der Waals surface area contributed by atoms with Gasteiger partial charge < -0.3 is 0 Å². The van der Waals surface area contributed by atoms with Gasteiger partial charge in [0.25, 0.3) is 0 Å². The molecule has 1 aromatic rings. The maximum absolute atomic E-state index is 12.1. The highest BCUT2D eigenvalue weighted by Crippen LogP contribution is 2.35. The summed E-state index contributed by atoms with van der Waals surface area (Å²) in [6.07, 6.45) is 7.70. The molecule has 3 aliphatic rings. The number of nitrogens with one attached hydrogen (secondary N) is 1. The van der Waals surface area contributed by atoms with E-state index in [0.29, 0.717) is 22.6 Å². The number of terminal acetylenes is 1. The predicted molar refractivity (Wildman–Crippen MR) is 79.9 cm³/mol. The van der Waals surface area contributed by atoms with Crippen LogP contribution in [0, 0.1) is 24.2 Å². The smallest absolute Gasteiger partial charge is 0.250 e. The molecule has 108 valence electrons. The van der Waals surface area contributed by atoms with Crippen LogP contribution in [0.3, 0.4) is 0 Å². The molecule has 3 fully saturated rings. The maximum atomic E-state index is 12.1. The number of sulfonamides is 1. The molecule has 2 bridgehead atoms. The molecule has 4 atom stereocenters. The molecule has 4 heterocycles. The summed E-state index contributed by atoms with van der Waals surface area (Å²) in [5.74, 6) is 3.77. The molecular formula is C14H18N2O2S2. The van der Waals surface area contributed by atoms with E-state index in [9.17, 15) is 8.42 Å². The lowest BCUT2D eigenvalue weighted by atomic mass is 9.76. The van der Waals surface area contributed by atoms with Gasteiger partial charge >= 0.3 is 0 Å². The molecule has 0 aliphatic carbocycles. The standard InChI is InChI=1S/C14H18N2O2S2/c1-2-11-10-16-6-5-12(11)8-13(16)9-15-20(17,18)14-4-3-7-19-14/h1,3-4,7,11-13,15H,5-6,8-10H2/t11-,12+,13-/m1/s1. The number of hydrogen-bond acceptors (Lipinski definition) is 4. The van der Waals surface area contributed by atoms with Gasteiger partial charge in [-0.3, -0.25) is 4.90 Å². The van der Waals surface area contributed by atoms with E-state index in [2.05, 4.69) is 15.5 Å². The molecule has 6 heteroatoms. The fraction of sp³-hybridized carbons (Fsp3) is 0.571. The van der Waals surface area contributed by atoms with E-state index in [1.165, 1.54) is 11.3 Å². The Morgan fingerprint density at radius 2 is 2.40 bits per heavy atom. The SMILES string of the molecule is C#C[C@@H]1CN2CC[C@H]1C[C@@H]2CNS(=O)(=O)c1cccs1. The highest BCUT2D eigenvalue weighted by molar-refractivity contribution is 7.91. The van der Waals surface area contributed by atoms with E-state index in [4.69, 9.17) is 6.42 Å². The van der Waals surface area contributed by atoms with E-state index in [1.54, 1.807) is 17.5 Å². The minimum Gasteiger partial charge on any atom is -0.298 e. The van der Waals surface area contributed by atoms with Crippen molar-refractivity contribution in [3.05, 3.63) is 17.5 Å². The summed E-state index contributed by atoms with van der Waals surface area (Å²) < 4.78 is 27.3. The molecule has 3 saturated heterocycles. The van der Waals surface area contributed by atoms with E-state index >= 15 is 0 Å². The lowest BCUT2D eigenvalue weighted by molar-refractivity contribution is 0.0251. The van der Waals surface area contributed by atoms with Gasteiger partial charge in [0.05, 0.1) is 0 Å². The predicted octanol–water partition coefficient (Wildman–Crippen LogP) is 1.37. The minimum absolute atomic E-state index is 0.285. The molecule has 0 amide bonds. The highest BCUT2D eigenvalue weighted by atomic mass is 32.2. The number of thiophene rings is 1. The van der Waals surface area contributed by atoms with Gasteiger partial charge in [-0.05, 0) is 36.8 Å². The number of fused-ring (bicyclic) bond motifs is 3. The van der Waals surface area contributed by atoms with Crippen molar-refractivity contribution in [2.24, 2.45) is 11.8 Å². The lowest BCUT2D eigenvalue weighted by Gasteiger charge is -2.48. The molecule has 0 spiro atoms. The van der Waals surface area contributed by atoms with Gasteiger partial charge in [-0.2, -0.15) is 0 Å². The summed E-state index contributed by atoms with van der Waals surface area (Å²) in [5.41, 5.74) is 0. The van der Waals surface area contributed by atoms with Crippen LogP contribution >= 0.6 is 11.3 Å². The van der Waals surface area contributed by atoms with E-state index in [-0.39, 0.29) is 6.04 Å². The van der Waals surface area contributed by atoms with E-state index in [1.807, 2.05) is 0 Å². The van der Waals surface area contributed by atoms with Crippen molar-refractivity contribution in [2.45, 2.75) is 23.1 Å². The minimum atomic E-state index is -3.35. The van der Waals surface area contributed by atoms with Gasteiger partial charge in [0.15, 0.2) is 0 Å². The van der Waals surface area contributed by atoms with Gasteiger partial charge in [0, 0.05) is 25.0 Å². The third-order valence-corrected chi connectivity index (χ3v) is 7.18. The van der Waals surface area contributed by atoms with Gasteiger partial charge in [-0.15, -0.1) is 23.7 Å². The lowest BCUT2D eigenvalue weighted by Crippen LogP contribution is -2.56. The van der Waals surface area contributed by atoms with Crippen LogP contribution < -0.4 is 4.72 Å². The van der Waals surface area contributed by atoms with E-state index < -0.39 is 10.0 Å². The largest absolute Gasteiger partial charge is 0.298 e. The van der Waals surface area contributed by atoms with Crippen LogP contribution in [-0.2, 0) is 10.0 Å². The second-order valence-electron chi connectivity index (χ2n) is 5.49. The van der Waals surface area contributed by atoms with Gasteiger partial charge in [0.1, 0.15) is 4.21 Å². The van der Waals surface area contributed by atoms with Crippen LogP contribution in [0.5, 0.6) is 0 Å². The quantitative estimate of drug-likeness (QED) is 0.855. The Hall–Kier alpha value is -0.870.